The third-order valence-corrected chi connectivity index (χ3v) is 5.82. The van der Waals surface area contributed by atoms with Crippen molar-refractivity contribution in [2.45, 2.75) is 18.2 Å². The molecule has 0 bridgehead atoms. The van der Waals surface area contributed by atoms with Gasteiger partial charge in [0.1, 0.15) is 11.0 Å². The maximum absolute atomic E-state index is 13.1. The van der Waals surface area contributed by atoms with E-state index in [2.05, 4.69) is 10.3 Å². The van der Waals surface area contributed by atoms with Gasteiger partial charge in [0.2, 0.25) is 11.8 Å². The van der Waals surface area contributed by atoms with Crippen molar-refractivity contribution in [2.24, 2.45) is 4.99 Å². The van der Waals surface area contributed by atoms with Crippen LogP contribution in [-0.2, 0) is 16.1 Å². The summed E-state index contributed by atoms with van der Waals surface area (Å²) in [6.45, 7) is 0.252. The number of furan rings is 1. The number of thioether (sulfide) groups is 1. The Kier molecular flexibility index (Phi) is 6.21. The van der Waals surface area contributed by atoms with E-state index in [9.17, 15) is 9.59 Å². The zero-order valence-electron chi connectivity index (χ0n) is 15.8. The highest BCUT2D eigenvalue weighted by atomic mass is 35.5. The predicted octanol–water partition coefficient (Wildman–Crippen LogP) is 5.09. The maximum atomic E-state index is 13.1. The molecule has 0 saturated carbocycles. The highest BCUT2D eigenvalue weighted by molar-refractivity contribution is 8.15. The molecule has 1 atom stereocenters. The van der Waals surface area contributed by atoms with Gasteiger partial charge in [-0.25, -0.2) is 4.99 Å². The Hall–Kier alpha value is -3.03. The van der Waals surface area contributed by atoms with E-state index >= 15 is 0 Å². The van der Waals surface area contributed by atoms with Crippen LogP contribution in [0.4, 0.5) is 11.4 Å². The number of nitrogens with one attached hydrogen (secondary N) is 1. The van der Waals surface area contributed by atoms with Crippen LogP contribution in [0.5, 0.6) is 0 Å². The Morgan fingerprint density at radius 1 is 1.10 bits per heavy atom. The second kappa shape index (κ2) is 9.19. The highest BCUT2D eigenvalue weighted by Crippen LogP contribution is 2.33. The SMILES string of the molecule is O=C(CC1SC(=Nc2ccc(Cl)cc2)N(Cc2ccco2)C1=O)Nc1ccccc1. The van der Waals surface area contributed by atoms with Crippen molar-refractivity contribution in [1.29, 1.82) is 0 Å². The van der Waals surface area contributed by atoms with Crippen LogP contribution in [0.15, 0.2) is 82.4 Å². The lowest BCUT2D eigenvalue weighted by Crippen LogP contribution is -2.33. The van der Waals surface area contributed by atoms with Crippen LogP contribution in [-0.4, -0.2) is 27.1 Å². The van der Waals surface area contributed by atoms with E-state index in [1.54, 1.807) is 59.7 Å². The van der Waals surface area contributed by atoms with Crippen LogP contribution in [0, 0.1) is 0 Å². The lowest BCUT2D eigenvalue weighted by atomic mass is 10.2. The predicted molar refractivity (Wildman–Crippen MR) is 119 cm³/mol. The van der Waals surface area contributed by atoms with Crippen LogP contribution in [0.3, 0.4) is 0 Å². The summed E-state index contributed by atoms with van der Waals surface area (Å²) in [5, 5.41) is 3.40. The number of carbonyl (C=O) groups excluding carboxylic acids is 2. The summed E-state index contributed by atoms with van der Waals surface area (Å²) >= 11 is 7.22. The first-order valence-corrected chi connectivity index (χ1v) is 10.5. The number of hydrogen-bond donors (Lipinski definition) is 1. The molecule has 1 aliphatic heterocycles. The number of para-hydroxylation sites is 1. The molecule has 1 fully saturated rings. The van der Waals surface area contributed by atoms with Gasteiger partial charge in [-0.3, -0.25) is 14.5 Å². The monoisotopic (exact) mass is 439 g/mol. The second-order valence-electron chi connectivity index (χ2n) is 6.60. The van der Waals surface area contributed by atoms with E-state index in [1.807, 2.05) is 18.2 Å². The first-order chi connectivity index (χ1) is 14.6. The number of amidine groups is 1. The molecule has 0 radical (unpaired) electrons. The molecule has 1 N–H and O–H groups in total. The lowest BCUT2D eigenvalue weighted by molar-refractivity contribution is -0.128. The topological polar surface area (TPSA) is 74.9 Å². The fourth-order valence-corrected chi connectivity index (χ4v) is 4.24. The van der Waals surface area contributed by atoms with Gasteiger partial charge in [0, 0.05) is 17.1 Å². The Balaban J connectivity index is 1.53. The Bertz CT molecular complexity index is 1050. The van der Waals surface area contributed by atoms with E-state index < -0.39 is 5.25 Å². The normalized spacial score (nSPS) is 17.5. The molecule has 1 aromatic heterocycles. The number of hydrogen-bond acceptors (Lipinski definition) is 5. The summed E-state index contributed by atoms with van der Waals surface area (Å²) in [4.78, 5) is 31.7. The van der Waals surface area contributed by atoms with Gasteiger partial charge >= 0.3 is 0 Å². The quantitative estimate of drug-likeness (QED) is 0.580. The minimum absolute atomic E-state index is 0.0483. The van der Waals surface area contributed by atoms with Gasteiger partial charge in [-0.1, -0.05) is 41.6 Å². The van der Waals surface area contributed by atoms with Gasteiger partial charge < -0.3 is 9.73 Å². The van der Waals surface area contributed by atoms with Crippen molar-refractivity contribution in [3.63, 3.8) is 0 Å². The second-order valence-corrected chi connectivity index (χ2v) is 8.21. The Morgan fingerprint density at radius 2 is 1.87 bits per heavy atom. The van der Waals surface area contributed by atoms with E-state index in [0.717, 1.165) is 0 Å². The van der Waals surface area contributed by atoms with E-state index in [1.165, 1.54) is 11.8 Å². The lowest BCUT2D eigenvalue weighted by Gasteiger charge is -2.15. The van der Waals surface area contributed by atoms with Crippen molar-refractivity contribution >= 4 is 51.7 Å². The Labute approximate surface area is 182 Å². The van der Waals surface area contributed by atoms with E-state index in [-0.39, 0.29) is 24.8 Å². The molecule has 2 heterocycles. The molecule has 3 aromatic rings. The number of halogens is 1. The number of nitrogens with zero attached hydrogens (tertiary/aromatic N) is 2. The first kappa shape index (κ1) is 20.3. The fourth-order valence-electron chi connectivity index (χ4n) is 2.96. The minimum atomic E-state index is -0.560. The number of amides is 2. The number of benzene rings is 2. The molecule has 1 saturated heterocycles. The van der Waals surface area contributed by atoms with Crippen LogP contribution in [0.25, 0.3) is 0 Å². The summed E-state index contributed by atoms with van der Waals surface area (Å²) < 4.78 is 5.40. The molecular formula is C22H18ClN3O3S. The zero-order valence-corrected chi connectivity index (χ0v) is 17.4. The van der Waals surface area contributed by atoms with E-state index in [0.29, 0.717) is 27.3 Å². The average Bonchev–Trinajstić information content (AvgIpc) is 3.35. The van der Waals surface area contributed by atoms with Gasteiger partial charge in [0.05, 0.1) is 18.5 Å². The van der Waals surface area contributed by atoms with Crippen molar-refractivity contribution in [2.75, 3.05) is 5.32 Å². The number of aliphatic imine (C=N–C) groups is 1. The molecule has 1 aliphatic rings. The number of anilines is 1. The molecule has 152 valence electrons. The molecule has 2 amide bonds. The summed E-state index contributed by atoms with van der Waals surface area (Å²) in [5.74, 6) is 0.243. The molecule has 4 rings (SSSR count). The summed E-state index contributed by atoms with van der Waals surface area (Å²) in [5.41, 5.74) is 1.37. The smallest absolute Gasteiger partial charge is 0.243 e. The third-order valence-electron chi connectivity index (χ3n) is 4.39. The number of rotatable bonds is 6. The van der Waals surface area contributed by atoms with Crippen LogP contribution in [0.2, 0.25) is 5.02 Å². The molecule has 8 heteroatoms. The van der Waals surface area contributed by atoms with Gasteiger partial charge in [0.15, 0.2) is 5.17 Å². The third kappa shape index (κ3) is 4.93. The summed E-state index contributed by atoms with van der Waals surface area (Å²) in [6, 6.07) is 19.8. The van der Waals surface area contributed by atoms with Gasteiger partial charge in [-0.05, 0) is 48.5 Å². The molecule has 2 aromatic carbocycles. The summed E-state index contributed by atoms with van der Waals surface area (Å²) in [7, 11) is 0. The van der Waals surface area contributed by atoms with Gasteiger partial charge in [-0.2, -0.15) is 0 Å². The molecular weight excluding hydrogens is 422 g/mol. The van der Waals surface area contributed by atoms with Gasteiger partial charge in [0.25, 0.3) is 0 Å². The highest BCUT2D eigenvalue weighted by Gasteiger charge is 2.39. The summed E-state index contributed by atoms with van der Waals surface area (Å²) in [6.07, 6.45) is 1.61. The van der Waals surface area contributed by atoms with Gasteiger partial charge in [-0.15, -0.1) is 0 Å². The first-order valence-electron chi connectivity index (χ1n) is 9.28. The fraction of sp³-hybridized carbons (Fsp3) is 0.136. The molecule has 0 aliphatic carbocycles. The average molecular weight is 440 g/mol. The molecule has 6 nitrogen and oxygen atoms in total. The van der Waals surface area contributed by atoms with Crippen molar-refractivity contribution < 1.29 is 14.0 Å². The van der Waals surface area contributed by atoms with Crippen LogP contribution in [0.1, 0.15) is 12.2 Å². The van der Waals surface area contributed by atoms with Crippen LogP contribution < -0.4 is 5.32 Å². The Morgan fingerprint density at radius 3 is 2.57 bits per heavy atom. The van der Waals surface area contributed by atoms with E-state index in [4.69, 9.17) is 16.0 Å². The molecule has 30 heavy (non-hydrogen) atoms. The van der Waals surface area contributed by atoms with Crippen molar-refractivity contribution in [3.8, 4) is 0 Å². The molecule has 0 spiro atoms. The largest absolute Gasteiger partial charge is 0.467 e. The minimum Gasteiger partial charge on any atom is -0.467 e. The van der Waals surface area contributed by atoms with Crippen molar-refractivity contribution in [1.82, 2.24) is 4.90 Å². The number of carbonyl (C=O) groups is 2. The van der Waals surface area contributed by atoms with Crippen molar-refractivity contribution in [3.05, 3.63) is 83.8 Å². The molecule has 1 unspecified atom stereocenters. The zero-order chi connectivity index (χ0) is 20.9. The standard InChI is InChI=1S/C22H18ClN3O3S/c23-15-8-10-17(11-9-15)25-22-26(14-18-7-4-12-29-18)21(28)19(30-22)13-20(27)24-16-5-2-1-3-6-16/h1-12,19H,13-14H2,(H,24,27). The maximum Gasteiger partial charge on any atom is 0.243 e. The van der Waals surface area contributed by atoms with Crippen LogP contribution >= 0.6 is 23.4 Å².